The minimum atomic E-state index is -4.07. The third-order valence-corrected chi connectivity index (χ3v) is 9.21. The van der Waals surface area contributed by atoms with Gasteiger partial charge in [0.05, 0.1) is 28.3 Å². The van der Waals surface area contributed by atoms with Crippen LogP contribution in [-0.2, 0) is 26.8 Å². The number of para-hydroxylation sites is 1. The summed E-state index contributed by atoms with van der Waals surface area (Å²) >= 11 is 9.29. The second kappa shape index (κ2) is 10.1. The molecule has 0 fully saturated rings. The molecule has 2 heterocycles. The van der Waals surface area contributed by atoms with Crippen LogP contribution in [0.25, 0.3) is 16.3 Å². The van der Waals surface area contributed by atoms with Gasteiger partial charge in [0.15, 0.2) is 6.54 Å². The van der Waals surface area contributed by atoms with Gasteiger partial charge < -0.3 is 4.90 Å². The summed E-state index contributed by atoms with van der Waals surface area (Å²) in [5.74, 6) is -0.684. The summed E-state index contributed by atoms with van der Waals surface area (Å²) in [6.07, 6.45) is 2.47. The van der Waals surface area contributed by atoms with Crippen LogP contribution >= 0.6 is 34.7 Å². The smallest absolute Gasteiger partial charge is 0.265 e. The van der Waals surface area contributed by atoms with Crippen LogP contribution in [0.3, 0.4) is 0 Å². The summed E-state index contributed by atoms with van der Waals surface area (Å²) in [6.45, 7) is 0.759. The number of hydrogen-bond donors (Lipinski definition) is 2. The van der Waals surface area contributed by atoms with E-state index in [9.17, 15) is 16.8 Å². The number of thiazole rings is 1. The number of aromatic nitrogens is 1. The number of benzene rings is 2. The Morgan fingerprint density at radius 1 is 1.00 bits per heavy atom. The fraction of sp³-hybridized carbons (Fsp3) is 0.286. The largest absolute Gasteiger partial charge is 0.335 e. The van der Waals surface area contributed by atoms with Gasteiger partial charge in [-0.15, -0.1) is 0 Å². The van der Waals surface area contributed by atoms with Crippen LogP contribution < -0.4 is 9.47 Å². The fourth-order valence-electron chi connectivity index (χ4n) is 3.72. The molecule has 0 amide bonds. The average Bonchev–Trinajstić information content (AvgIpc) is 3.24. The molecular formula is C21H22ClN2O6S4+. The van der Waals surface area contributed by atoms with Crippen molar-refractivity contribution in [1.29, 1.82) is 0 Å². The summed E-state index contributed by atoms with van der Waals surface area (Å²) in [5, 5.41) is 2.31. The van der Waals surface area contributed by atoms with Gasteiger partial charge in [-0.1, -0.05) is 46.8 Å². The molecule has 0 spiro atoms. The first-order valence-corrected chi connectivity index (χ1v) is 15.5. The number of halogens is 1. The lowest BCUT2D eigenvalue weighted by molar-refractivity contribution is -0.668. The SMILES string of the molecule is O=S(=O)(O)CCCN1/C(=C\c2sc3ccccc3[n+]2CCCS(=O)(=O)O)Sc2ccc(Cl)cc21. The first-order valence-electron chi connectivity index (χ1n) is 10.3. The Balaban J connectivity index is 1.70. The Kier molecular flexibility index (Phi) is 7.58. The second-order valence-electron chi connectivity index (χ2n) is 7.69. The predicted molar refractivity (Wildman–Crippen MR) is 137 cm³/mol. The highest BCUT2D eigenvalue weighted by Gasteiger charge is 2.28. The highest BCUT2D eigenvalue weighted by molar-refractivity contribution is 8.04. The Bertz CT molecular complexity index is 1470. The van der Waals surface area contributed by atoms with E-state index in [4.69, 9.17) is 20.7 Å². The molecule has 2 N–H and O–H groups in total. The van der Waals surface area contributed by atoms with Crippen molar-refractivity contribution in [2.45, 2.75) is 24.3 Å². The Morgan fingerprint density at radius 3 is 2.44 bits per heavy atom. The normalized spacial score (nSPS) is 15.4. The quantitative estimate of drug-likeness (QED) is 0.293. The van der Waals surface area contributed by atoms with E-state index in [0.29, 0.717) is 18.1 Å². The van der Waals surface area contributed by atoms with Crippen LogP contribution in [0.2, 0.25) is 5.02 Å². The van der Waals surface area contributed by atoms with Crippen LogP contribution in [0, 0.1) is 0 Å². The number of thioether (sulfide) groups is 1. The number of nitrogens with zero attached hydrogens (tertiary/aromatic N) is 2. The van der Waals surface area contributed by atoms with Gasteiger partial charge in [-0.3, -0.25) is 9.11 Å². The van der Waals surface area contributed by atoms with Crippen LogP contribution in [-0.4, -0.2) is 44.0 Å². The molecule has 4 rings (SSSR count). The maximum atomic E-state index is 11.2. The minimum absolute atomic E-state index is 0.226. The maximum absolute atomic E-state index is 11.2. The van der Waals surface area contributed by atoms with E-state index < -0.39 is 20.2 Å². The van der Waals surface area contributed by atoms with E-state index in [1.807, 2.05) is 51.9 Å². The van der Waals surface area contributed by atoms with Crippen molar-refractivity contribution >= 4 is 76.9 Å². The van der Waals surface area contributed by atoms with Crippen LogP contribution in [0.4, 0.5) is 5.69 Å². The minimum Gasteiger partial charge on any atom is -0.335 e. The van der Waals surface area contributed by atoms with E-state index >= 15 is 0 Å². The third kappa shape index (κ3) is 6.30. The molecule has 0 atom stereocenters. The number of rotatable bonds is 9. The van der Waals surface area contributed by atoms with E-state index in [-0.39, 0.29) is 24.3 Å². The van der Waals surface area contributed by atoms with Crippen LogP contribution in [0.1, 0.15) is 17.8 Å². The van der Waals surface area contributed by atoms with Gasteiger partial charge in [0, 0.05) is 29.0 Å². The van der Waals surface area contributed by atoms with E-state index in [1.165, 1.54) is 11.8 Å². The lowest BCUT2D eigenvalue weighted by atomic mass is 10.2. The first-order chi connectivity index (χ1) is 16.0. The van der Waals surface area contributed by atoms with Gasteiger partial charge in [-0.05, 0) is 30.7 Å². The topological polar surface area (TPSA) is 116 Å². The highest BCUT2D eigenvalue weighted by atomic mass is 35.5. The van der Waals surface area contributed by atoms with E-state index in [0.717, 1.165) is 30.8 Å². The molecule has 0 radical (unpaired) electrons. The van der Waals surface area contributed by atoms with E-state index in [2.05, 4.69) is 0 Å². The average molecular weight is 562 g/mol. The molecule has 0 unspecified atom stereocenters. The number of anilines is 1. The standard InChI is InChI=1S/C21H21ClN2O6S4/c22-15-7-8-19-17(13-15)24(10-4-12-34(28,29)30)21(32-19)14-20-23(9-3-11-33(25,26)27)16-5-1-2-6-18(16)31-20/h1-2,5-8,13-14H,3-4,9-12H2,(H-,25,26,27,28,29,30)/p+1. The molecule has 182 valence electrons. The summed E-state index contributed by atoms with van der Waals surface area (Å²) in [4.78, 5) is 2.95. The molecule has 0 bridgehead atoms. The summed E-state index contributed by atoms with van der Waals surface area (Å²) < 4.78 is 66.2. The predicted octanol–water partition coefficient (Wildman–Crippen LogP) is 4.31. The van der Waals surface area contributed by atoms with Crippen LogP contribution in [0.15, 0.2) is 52.4 Å². The maximum Gasteiger partial charge on any atom is 0.265 e. The van der Waals surface area contributed by atoms with Crippen molar-refractivity contribution in [2.75, 3.05) is 23.0 Å². The second-order valence-corrected chi connectivity index (χ2v) is 13.4. The molecule has 34 heavy (non-hydrogen) atoms. The van der Waals surface area contributed by atoms with Crippen LogP contribution in [0.5, 0.6) is 0 Å². The summed E-state index contributed by atoms with van der Waals surface area (Å²) in [5.41, 5.74) is 1.81. The lowest BCUT2D eigenvalue weighted by Gasteiger charge is -2.20. The Morgan fingerprint density at radius 2 is 1.71 bits per heavy atom. The monoisotopic (exact) mass is 561 g/mol. The summed E-state index contributed by atoms with van der Waals surface area (Å²) in [7, 11) is -8.13. The van der Waals surface area contributed by atoms with Gasteiger partial charge in [-0.2, -0.15) is 21.4 Å². The molecule has 0 saturated carbocycles. The molecule has 1 aliphatic heterocycles. The zero-order valence-corrected chi connectivity index (χ0v) is 21.8. The van der Waals surface area contributed by atoms with Gasteiger partial charge in [0.2, 0.25) is 5.52 Å². The van der Waals surface area contributed by atoms with Crippen molar-refractivity contribution < 1.29 is 30.5 Å². The first kappa shape index (κ1) is 25.4. The molecule has 0 aliphatic carbocycles. The van der Waals surface area contributed by atoms with Crippen molar-refractivity contribution in [1.82, 2.24) is 0 Å². The Labute approximate surface area is 211 Å². The fourth-order valence-corrected chi connectivity index (χ4v) is 7.18. The molecular weight excluding hydrogens is 540 g/mol. The number of fused-ring (bicyclic) bond motifs is 2. The summed E-state index contributed by atoms with van der Waals surface area (Å²) in [6, 6.07) is 13.3. The van der Waals surface area contributed by atoms with Gasteiger partial charge in [0.25, 0.3) is 25.2 Å². The van der Waals surface area contributed by atoms with Gasteiger partial charge in [0.1, 0.15) is 4.70 Å². The molecule has 13 heteroatoms. The molecule has 1 aromatic heterocycles. The highest BCUT2D eigenvalue weighted by Crippen LogP contribution is 2.47. The zero-order valence-electron chi connectivity index (χ0n) is 17.8. The Hall–Kier alpha value is -1.67. The number of hydrogen-bond acceptors (Lipinski definition) is 7. The lowest BCUT2D eigenvalue weighted by Crippen LogP contribution is -2.36. The molecule has 1 aliphatic rings. The van der Waals surface area contributed by atoms with Crippen molar-refractivity contribution in [3.63, 3.8) is 0 Å². The molecule has 2 aromatic carbocycles. The molecule has 0 saturated heterocycles. The number of aryl methyl sites for hydroxylation is 1. The van der Waals surface area contributed by atoms with Gasteiger partial charge in [-0.25, -0.2) is 0 Å². The molecule has 3 aromatic rings. The van der Waals surface area contributed by atoms with Gasteiger partial charge >= 0.3 is 0 Å². The third-order valence-electron chi connectivity index (χ3n) is 5.14. The van der Waals surface area contributed by atoms with Crippen molar-refractivity contribution in [3.05, 3.63) is 57.5 Å². The zero-order chi connectivity index (χ0) is 24.5. The van der Waals surface area contributed by atoms with Crippen molar-refractivity contribution in [2.24, 2.45) is 0 Å². The molecule has 8 nitrogen and oxygen atoms in total. The van der Waals surface area contributed by atoms with Crippen molar-refractivity contribution in [3.8, 4) is 0 Å². The van der Waals surface area contributed by atoms with E-state index in [1.54, 1.807) is 17.4 Å².